The molecule has 0 bridgehead atoms. The second kappa shape index (κ2) is 4.23. The van der Waals surface area contributed by atoms with Crippen molar-refractivity contribution in [3.05, 3.63) is 18.6 Å². The van der Waals surface area contributed by atoms with Crippen LogP contribution in [-0.2, 0) is 9.47 Å². The van der Waals surface area contributed by atoms with Gasteiger partial charge in [-0.3, -0.25) is 4.98 Å². The third kappa shape index (κ3) is 2.12. The highest BCUT2D eigenvalue weighted by molar-refractivity contribution is 5.35. The van der Waals surface area contributed by atoms with E-state index in [9.17, 15) is 0 Å². The Morgan fingerprint density at radius 1 is 1.35 bits per heavy atom. The molecule has 0 radical (unpaired) electrons. The van der Waals surface area contributed by atoms with E-state index in [-0.39, 0.29) is 11.9 Å². The first kappa shape index (κ1) is 10.9. The van der Waals surface area contributed by atoms with Crippen LogP contribution in [0.4, 0.5) is 5.82 Å². The maximum Gasteiger partial charge on any atom is 0.172 e. The van der Waals surface area contributed by atoms with E-state index in [0.717, 1.165) is 31.7 Å². The van der Waals surface area contributed by atoms with Gasteiger partial charge in [-0.15, -0.1) is 0 Å². The van der Waals surface area contributed by atoms with Crippen molar-refractivity contribution in [1.82, 2.24) is 9.97 Å². The molecule has 0 amide bonds. The van der Waals surface area contributed by atoms with Crippen molar-refractivity contribution in [2.75, 3.05) is 24.6 Å². The predicted molar refractivity (Wildman–Crippen MR) is 62.7 cm³/mol. The fraction of sp³-hybridized carbons (Fsp3) is 0.667. The number of ether oxygens (including phenoxy) is 2. The first-order valence-corrected chi connectivity index (χ1v) is 6.10. The van der Waals surface area contributed by atoms with Gasteiger partial charge in [-0.05, 0) is 6.92 Å². The summed E-state index contributed by atoms with van der Waals surface area (Å²) in [6.45, 7) is 4.59. The van der Waals surface area contributed by atoms with Crippen molar-refractivity contribution in [1.29, 1.82) is 0 Å². The molecule has 1 unspecified atom stereocenters. The smallest absolute Gasteiger partial charge is 0.172 e. The van der Waals surface area contributed by atoms with E-state index in [1.54, 1.807) is 18.6 Å². The first-order valence-electron chi connectivity index (χ1n) is 6.10. The van der Waals surface area contributed by atoms with Gasteiger partial charge >= 0.3 is 0 Å². The summed E-state index contributed by atoms with van der Waals surface area (Å²) in [7, 11) is 0. The molecule has 2 fully saturated rings. The van der Waals surface area contributed by atoms with Crippen molar-refractivity contribution in [3.8, 4) is 0 Å². The largest absolute Gasteiger partial charge is 0.355 e. The molecule has 0 saturated carbocycles. The van der Waals surface area contributed by atoms with Crippen LogP contribution in [0, 0.1) is 0 Å². The Morgan fingerprint density at radius 2 is 2.18 bits per heavy atom. The third-order valence-electron chi connectivity index (χ3n) is 3.40. The van der Waals surface area contributed by atoms with Gasteiger partial charge in [0.2, 0.25) is 0 Å². The second-order valence-electron chi connectivity index (χ2n) is 4.70. The van der Waals surface area contributed by atoms with Crippen LogP contribution in [0.25, 0.3) is 0 Å². The summed E-state index contributed by atoms with van der Waals surface area (Å²) in [5, 5.41) is 0. The van der Waals surface area contributed by atoms with Crippen LogP contribution in [0.3, 0.4) is 0 Å². The number of hydrogen-bond donors (Lipinski definition) is 0. The molecule has 3 rings (SSSR count). The minimum atomic E-state index is -0.335. The van der Waals surface area contributed by atoms with Gasteiger partial charge in [-0.1, -0.05) is 0 Å². The predicted octanol–water partition coefficient (Wildman–Crippen LogP) is 1.21. The van der Waals surface area contributed by atoms with Crippen LogP contribution in [-0.4, -0.2) is 41.6 Å². The van der Waals surface area contributed by atoms with Crippen LogP contribution in [0.15, 0.2) is 18.6 Å². The lowest BCUT2D eigenvalue weighted by atomic mass is 10.0. The summed E-state index contributed by atoms with van der Waals surface area (Å²) in [6, 6.07) is 0. The molecule has 92 valence electrons. The average molecular weight is 235 g/mol. The lowest BCUT2D eigenvalue weighted by Crippen LogP contribution is -2.45. The number of aromatic nitrogens is 2. The van der Waals surface area contributed by atoms with Crippen molar-refractivity contribution in [2.45, 2.75) is 31.7 Å². The lowest BCUT2D eigenvalue weighted by molar-refractivity contribution is -0.178. The molecule has 5 nitrogen and oxygen atoms in total. The number of hydrogen-bond acceptors (Lipinski definition) is 5. The van der Waals surface area contributed by atoms with E-state index in [1.807, 2.05) is 0 Å². The Hall–Kier alpha value is -1.20. The topological polar surface area (TPSA) is 47.5 Å². The highest BCUT2D eigenvalue weighted by atomic mass is 16.7. The van der Waals surface area contributed by atoms with Crippen LogP contribution >= 0.6 is 0 Å². The summed E-state index contributed by atoms with van der Waals surface area (Å²) >= 11 is 0. The molecule has 1 spiro atoms. The number of piperidine rings is 1. The van der Waals surface area contributed by atoms with Crippen molar-refractivity contribution in [2.24, 2.45) is 0 Å². The fourth-order valence-corrected chi connectivity index (χ4v) is 2.50. The Morgan fingerprint density at radius 3 is 2.76 bits per heavy atom. The zero-order valence-corrected chi connectivity index (χ0v) is 10.0. The van der Waals surface area contributed by atoms with Crippen molar-refractivity contribution >= 4 is 5.82 Å². The Kier molecular flexibility index (Phi) is 2.72. The van der Waals surface area contributed by atoms with Crippen LogP contribution < -0.4 is 4.90 Å². The molecule has 5 heteroatoms. The first-order chi connectivity index (χ1) is 8.27. The highest BCUT2D eigenvalue weighted by Gasteiger charge is 2.42. The average Bonchev–Trinajstić information content (AvgIpc) is 2.73. The molecular formula is C12H17N3O2. The zero-order valence-electron chi connectivity index (χ0n) is 10.0. The summed E-state index contributed by atoms with van der Waals surface area (Å²) < 4.78 is 11.7. The monoisotopic (exact) mass is 235 g/mol. The number of nitrogens with zero attached hydrogens (tertiary/aromatic N) is 3. The molecule has 2 saturated heterocycles. The summed E-state index contributed by atoms with van der Waals surface area (Å²) in [5.41, 5.74) is 0. The molecule has 1 atom stereocenters. The van der Waals surface area contributed by atoms with Crippen LogP contribution in [0.1, 0.15) is 19.8 Å². The number of anilines is 1. The quantitative estimate of drug-likeness (QED) is 0.732. The maximum atomic E-state index is 5.89. The standard InChI is InChI=1S/C12H17N3O2/c1-10-9-16-12(17-10)2-6-15(7-3-12)11-8-13-4-5-14-11/h4-5,8,10H,2-3,6-7,9H2,1H3. The summed E-state index contributed by atoms with van der Waals surface area (Å²) in [5.74, 6) is 0.603. The minimum Gasteiger partial charge on any atom is -0.355 e. The molecular weight excluding hydrogens is 218 g/mol. The Labute approximate surface area is 101 Å². The molecule has 0 aromatic carbocycles. The highest BCUT2D eigenvalue weighted by Crippen LogP contribution is 2.34. The zero-order chi connectivity index (χ0) is 11.7. The van der Waals surface area contributed by atoms with Gasteiger partial charge in [0, 0.05) is 38.3 Å². The molecule has 1 aromatic heterocycles. The van der Waals surface area contributed by atoms with Crippen LogP contribution in [0.5, 0.6) is 0 Å². The second-order valence-corrected chi connectivity index (χ2v) is 4.70. The fourth-order valence-electron chi connectivity index (χ4n) is 2.50. The number of rotatable bonds is 1. The van der Waals surface area contributed by atoms with Crippen molar-refractivity contribution in [3.63, 3.8) is 0 Å². The summed E-state index contributed by atoms with van der Waals surface area (Å²) in [4.78, 5) is 10.6. The van der Waals surface area contributed by atoms with Gasteiger partial charge in [0.1, 0.15) is 5.82 Å². The molecule has 0 N–H and O–H groups in total. The van der Waals surface area contributed by atoms with Gasteiger partial charge in [-0.2, -0.15) is 0 Å². The van der Waals surface area contributed by atoms with Gasteiger partial charge < -0.3 is 14.4 Å². The van der Waals surface area contributed by atoms with Crippen molar-refractivity contribution < 1.29 is 9.47 Å². The molecule has 3 heterocycles. The normalized spacial score (nSPS) is 27.6. The maximum absolute atomic E-state index is 5.89. The minimum absolute atomic E-state index is 0.220. The van der Waals surface area contributed by atoms with E-state index < -0.39 is 0 Å². The van der Waals surface area contributed by atoms with Crippen LogP contribution in [0.2, 0.25) is 0 Å². The molecule has 2 aliphatic heterocycles. The third-order valence-corrected chi connectivity index (χ3v) is 3.40. The van der Waals surface area contributed by atoms with Gasteiger partial charge in [0.15, 0.2) is 5.79 Å². The van der Waals surface area contributed by atoms with E-state index >= 15 is 0 Å². The SMILES string of the molecule is CC1COC2(CCN(c3cnccn3)CC2)O1. The summed E-state index contributed by atoms with van der Waals surface area (Å²) in [6.07, 6.45) is 7.24. The van der Waals surface area contributed by atoms with Gasteiger partial charge in [0.05, 0.1) is 18.9 Å². The lowest BCUT2D eigenvalue weighted by Gasteiger charge is -2.38. The molecule has 2 aliphatic rings. The Bertz CT molecular complexity index is 377. The van der Waals surface area contributed by atoms with E-state index in [0.29, 0.717) is 6.61 Å². The van der Waals surface area contributed by atoms with Gasteiger partial charge in [-0.25, -0.2) is 4.98 Å². The Balaban J connectivity index is 1.65. The van der Waals surface area contributed by atoms with E-state index in [2.05, 4.69) is 21.8 Å². The van der Waals surface area contributed by atoms with E-state index in [1.165, 1.54) is 0 Å². The van der Waals surface area contributed by atoms with Gasteiger partial charge in [0.25, 0.3) is 0 Å². The molecule has 17 heavy (non-hydrogen) atoms. The van der Waals surface area contributed by atoms with E-state index in [4.69, 9.17) is 9.47 Å². The molecule has 0 aliphatic carbocycles. The molecule has 1 aromatic rings.